The zero-order chi connectivity index (χ0) is 13.7. The number of thiazole rings is 1. The summed E-state index contributed by atoms with van der Waals surface area (Å²) in [5.41, 5.74) is 6.61. The predicted molar refractivity (Wildman–Crippen MR) is 72.3 cm³/mol. The molecule has 6 nitrogen and oxygen atoms in total. The third-order valence-electron chi connectivity index (χ3n) is 2.41. The third-order valence-corrected chi connectivity index (χ3v) is 3.32. The molecule has 0 aliphatic carbocycles. The van der Waals surface area contributed by atoms with Crippen LogP contribution in [-0.2, 0) is 11.3 Å². The van der Waals surface area contributed by atoms with Crippen LogP contribution in [-0.4, -0.2) is 33.6 Å². The highest BCUT2D eigenvalue weighted by Gasteiger charge is 2.10. The smallest absolute Gasteiger partial charge is 0.247 e. The maximum Gasteiger partial charge on any atom is 0.247 e. The van der Waals surface area contributed by atoms with Crippen molar-refractivity contribution < 1.29 is 9.90 Å². The number of rotatable bonds is 6. The van der Waals surface area contributed by atoms with Crippen molar-refractivity contribution in [1.29, 1.82) is 0 Å². The minimum atomic E-state index is -1.17. The Kier molecular flexibility index (Phi) is 4.56. The van der Waals surface area contributed by atoms with Gasteiger partial charge in [0.05, 0.1) is 11.4 Å². The summed E-state index contributed by atoms with van der Waals surface area (Å²) in [6.45, 7) is 0.583. The number of amides is 1. The SMILES string of the molecule is NC(=O)C(O)CNCc1csc(-c2ccccn2)n1. The normalized spacial score (nSPS) is 12.3. The van der Waals surface area contributed by atoms with Crippen LogP contribution < -0.4 is 11.1 Å². The van der Waals surface area contributed by atoms with E-state index in [0.29, 0.717) is 6.54 Å². The Labute approximate surface area is 114 Å². The molecule has 2 aromatic rings. The first-order valence-electron chi connectivity index (χ1n) is 5.70. The van der Waals surface area contributed by atoms with Crippen molar-refractivity contribution in [3.8, 4) is 10.7 Å². The molecular formula is C12H14N4O2S. The number of nitrogens with zero attached hydrogens (tertiary/aromatic N) is 2. The summed E-state index contributed by atoms with van der Waals surface area (Å²) < 4.78 is 0. The van der Waals surface area contributed by atoms with Crippen LogP contribution in [0.1, 0.15) is 5.69 Å². The highest BCUT2D eigenvalue weighted by molar-refractivity contribution is 7.13. The highest BCUT2D eigenvalue weighted by Crippen LogP contribution is 2.20. The van der Waals surface area contributed by atoms with Gasteiger partial charge in [-0.3, -0.25) is 9.78 Å². The fourth-order valence-corrected chi connectivity index (χ4v) is 2.23. The maximum atomic E-state index is 10.6. The highest BCUT2D eigenvalue weighted by atomic mass is 32.1. The molecule has 0 saturated carbocycles. The standard InChI is InChI=1S/C12H14N4O2S/c13-11(18)10(17)6-14-5-8-7-19-12(16-8)9-3-1-2-4-15-9/h1-4,7,10,14,17H,5-6H2,(H2,13,18). The fraction of sp³-hybridized carbons (Fsp3) is 0.250. The molecular weight excluding hydrogens is 264 g/mol. The van der Waals surface area contributed by atoms with Crippen LogP contribution in [0.3, 0.4) is 0 Å². The zero-order valence-electron chi connectivity index (χ0n) is 10.1. The molecule has 2 rings (SSSR count). The summed E-state index contributed by atoms with van der Waals surface area (Å²) in [6.07, 6.45) is 0.548. The summed E-state index contributed by atoms with van der Waals surface area (Å²) in [5, 5.41) is 14.9. The molecule has 4 N–H and O–H groups in total. The van der Waals surface area contributed by atoms with E-state index in [1.54, 1.807) is 6.20 Å². The van der Waals surface area contributed by atoms with Crippen molar-refractivity contribution >= 4 is 17.2 Å². The molecule has 1 amide bonds. The Morgan fingerprint density at radius 1 is 1.53 bits per heavy atom. The Morgan fingerprint density at radius 3 is 3.05 bits per heavy atom. The predicted octanol–water partition coefficient (Wildman–Crippen LogP) is 0.141. The topological polar surface area (TPSA) is 101 Å². The van der Waals surface area contributed by atoms with E-state index in [1.165, 1.54) is 11.3 Å². The summed E-state index contributed by atoms with van der Waals surface area (Å²) in [7, 11) is 0. The average molecular weight is 278 g/mol. The number of hydrogen-bond acceptors (Lipinski definition) is 6. The van der Waals surface area contributed by atoms with E-state index < -0.39 is 12.0 Å². The fourth-order valence-electron chi connectivity index (χ4n) is 1.43. The molecule has 19 heavy (non-hydrogen) atoms. The van der Waals surface area contributed by atoms with Gasteiger partial charge in [0.25, 0.3) is 0 Å². The first-order chi connectivity index (χ1) is 9.16. The van der Waals surface area contributed by atoms with Gasteiger partial charge in [-0.1, -0.05) is 6.07 Å². The molecule has 0 aliphatic heterocycles. The molecule has 0 aromatic carbocycles. The number of primary amides is 1. The largest absolute Gasteiger partial charge is 0.382 e. The molecule has 0 aliphatic rings. The van der Waals surface area contributed by atoms with E-state index in [0.717, 1.165) is 16.4 Å². The number of carbonyl (C=O) groups is 1. The molecule has 7 heteroatoms. The van der Waals surface area contributed by atoms with Gasteiger partial charge in [-0.2, -0.15) is 0 Å². The van der Waals surface area contributed by atoms with Crippen molar-refractivity contribution in [2.45, 2.75) is 12.6 Å². The van der Waals surface area contributed by atoms with Crippen LogP contribution >= 0.6 is 11.3 Å². The molecule has 0 radical (unpaired) electrons. The van der Waals surface area contributed by atoms with Crippen molar-refractivity contribution in [2.75, 3.05) is 6.54 Å². The second kappa shape index (κ2) is 6.37. The number of aliphatic hydroxyl groups is 1. The van der Waals surface area contributed by atoms with Crippen LogP contribution in [0.4, 0.5) is 0 Å². The molecule has 100 valence electrons. The van der Waals surface area contributed by atoms with Gasteiger partial charge in [0.15, 0.2) is 0 Å². The number of carbonyl (C=O) groups excluding carboxylic acids is 1. The zero-order valence-corrected chi connectivity index (χ0v) is 10.9. The third kappa shape index (κ3) is 3.82. The molecule has 2 heterocycles. The number of aromatic nitrogens is 2. The van der Waals surface area contributed by atoms with Gasteiger partial charge in [-0.15, -0.1) is 11.3 Å². The van der Waals surface area contributed by atoms with Gasteiger partial charge in [0.2, 0.25) is 5.91 Å². The first-order valence-corrected chi connectivity index (χ1v) is 6.58. The van der Waals surface area contributed by atoms with Crippen molar-refractivity contribution in [3.05, 3.63) is 35.5 Å². The lowest BCUT2D eigenvalue weighted by atomic mass is 10.3. The van der Waals surface area contributed by atoms with Gasteiger partial charge in [-0.05, 0) is 12.1 Å². The number of nitrogens with two attached hydrogens (primary N) is 1. The van der Waals surface area contributed by atoms with Gasteiger partial charge < -0.3 is 16.2 Å². The minimum Gasteiger partial charge on any atom is -0.382 e. The van der Waals surface area contributed by atoms with Gasteiger partial charge in [-0.25, -0.2) is 4.98 Å². The van der Waals surface area contributed by atoms with Crippen LogP contribution in [0, 0.1) is 0 Å². The number of nitrogens with one attached hydrogen (secondary N) is 1. The molecule has 0 spiro atoms. The van der Waals surface area contributed by atoms with E-state index >= 15 is 0 Å². The van der Waals surface area contributed by atoms with E-state index in [9.17, 15) is 9.90 Å². The Bertz CT molecular complexity index is 544. The molecule has 1 unspecified atom stereocenters. The molecule has 0 bridgehead atoms. The maximum absolute atomic E-state index is 10.6. The molecule has 0 fully saturated rings. The van der Waals surface area contributed by atoms with Crippen molar-refractivity contribution in [2.24, 2.45) is 5.73 Å². The molecule has 2 aromatic heterocycles. The van der Waals surface area contributed by atoms with Gasteiger partial charge in [0, 0.05) is 24.7 Å². The van der Waals surface area contributed by atoms with Crippen LogP contribution in [0.15, 0.2) is 29.8 Å². The lowest BCUT2D eigenvalue weighted by Crippen LogP contribution is -2.37. The quantitative estimate of drug-likeness (QED) is 0.698. The van der Waals surface area contributed by atoms with Crippen LogP contribution in [0.5, 0.6) is 0 Å². The van der Waals surface area contributed by atoms with Crippen LogP contribution in [0.2, 0.25) is 0 Å². The van der Waals surface area contributed by atoms with Gasteiger partial charge >= 0.3 is 0 Å². The first kappa shape index (κ1) is 13.6. The Morgan fingerprint density at radius 2 is 2.37 bits per heavy atom. The molecule has 0 saturated heterocycles. The van der Waals surface area contributed by atoms with E-state index in [4.69, 9.17) is 5.73 Å². The summed E-state index contributed by atoms with van der Waals surface area (Å²) >= 11 is 1.50. The van der Waals surface area contributed by atoms with E-state index in [-0.39, 0.29) is 6.54 Å². The van der Waals surface area contributed by atoms with Crippen molar-refractivity contribution in [3.63, 3.8) is 0 Å². The molecule has 1 atom stereocenters. The van der Waals surface area contributed by atoms with Gasteiger partial charge in [0.1, 0.15) is 11.1 Å². The van der Waals surface area contributed by atoms with Crippen molar-refractivity contribution in [1.82, 2.24) is 15.3 Å². The second-order valence-corrected chi connectivity index (χ2v) is 4.77. The lowest BCUT2D eigenvalue weighted by molar-refractivity contribution is -0.125. The minimum absolute atomic E-state index is 0.117. The Balaban J connectivity index is 1.90. The van der Waals surface area contributed by atoms with E-state index in [1.807, 2.05) is 23.6 Å². The number of aliphatic hydroxyl groups excluding tert-OH is 1. The van der Waals surface area contributed by atoms with E-state index in [2.05, 4.69) is 15.3 Å². The second-order valence-electron chi connectivity index (χ2n) is 3.91. The summed E-state index contributed by atoms with van der Waals surface area (Å²) in [5.74, 6) is -0.736. The number of hydrogen-bond donors (Lipinski definition) is 3. The lowest BCUT2D eigenvalue weighted by Gasteiger charge is -2.06. The summed E-state index contributed by atoms with van der Waals surface area (Å²) in [4.78, 5) is 19.3. The summed E-state index contributed by atoms with van der Waals surface area (Å²) in [6, 6.07) is 5.66. The van der Waals surface area contributed by atoms with Crippen LogP contribution in [0.25, 0.3) is 10.7 Å². The Hall–Kier alpha value is -1.83. The average Bonchev–Trinajstić information content (AvgIpc) is 2.88. The number of pyridine rings is 1. The monoisotopic (exact) mass is 278 g/mol.